The van der Waals surface area contributed by atoms with Gasteiger partial charge in [0, 0.05) is 5.56 Å². The van der Waals surface area contributed by atoms with Gasteiger partial charge in [0.2, 0.25) is 0 Å². The van der Waals surface area contributed by atoms with E-state index in [9.17, 15) is 0 Å². The van der Waals surface area contributed by atoms with Crippen molar-refractivity contribution in [1.82, 2.24) is 8.75 Å². The highest BCUT2D eigenvalue weighted by atomic mass is 35.5. The molecule has 0 aliphatic heterocycles. The fourth-order valence-corrected chi connectivity index (χ4v) is 2.24. The summed E-state index contributed by atoms with van der Waals surface area (Å²) in [5, 5.41) is 0.480. The molecule has 0 aliphatic rings. The summed E-state index contributed by atoms with van der Waals surface area (Å²) in [4.78, 5) is 0. The maximum atomic E-state index is 5.94. The van der Waals surface area contributed by atoms with Crippen LogP contribution >= 0.6 is 23.3 Å². The standard InChI is InChI=1S/C12H13ClN2S/c1-12(2,3)9-6-4-8(5-7-9)10-11(13)15-16-14-10/h4-7H,1-3H3. The van der Waals surface area contributed by atoms with Crippen LogP contribution in [0.5, 0.6) is 0 Å². The van der Waals surface area contributed by atoms with Gasteiger partial charge >= 0.3 is 0 Å². The summed E-state index contributed by atoms with van der Waals surface area (Å²) in [5.41, 5.74) is 3.26. The molecule has 1 aromatic carbocycles. The maximum Gasteiger partial charge on any atom is 0.170 e. The van der Waals surface area contributed by atoms with Gasteiger partial charge in [-0.25, -0.2) is 0 Å². The zero-order chi connectivity index (χ0) is 11.8. The molecule has 0 saturated carbocycles. The SMILES string of the molecule is CC(C)(C)c1ccc(-c2nsnc2Cl)cc1. The number of halogens is 1. The Hall–Kier alpha value is -0.930. The minimum Gasteiger partial charge on any atom is -0.171 e. The lowest BCUT2D eigenvalue weighted by molar-refractivity contribution is 0.590. The predicted octanol–water partition coefficient (Wildman–Crippen LogP) is 4.16. The molecule has 0 saturated heterocycles. The monoisotopic (exact) mass is 252 g/mol. The Labute approximate surface area is 105 Å². The lowest BCUT2D eigenvalue weighted by Gasteiger charge is -2.18. The van der Waals surface area contributed by atoms with E-state index in [0.29, 0.717) is 5.15 Å². The molecular weight excluding hydrogens is 240 g/mol. The van der Waals surface area contributed by atoms with E-state index in [1.165, 1.54) is 5.56 Å². The minimum absolute atomic E-state index is 0.169. The van der Waals surface area contributed by atoms with Crippen molar-refractivity contribution in [2.24, 2.45) is 0 Å². The molecule has 2 nitrogen and oxygen atoms in total. The molecule has 1 heterocycles. The van der Waals surface area contributed by atoms with Crippen LogP contribution in [0.2, 0.25) is 5.15 Å². The third kappa shape index (κ3) is 2.25. The smallest absolute Gasteiger partial charge is 0.170 e. The van der Waals surface area contributed by atoms with Crippen molar-refractivity contribution in [3.8, 4) is 11.3 Å². The van der Waals surface area contributed by atoms with Crippen molar-refractivity contribution in [1.29, 1.82) is 0 Å². The second-order valence-corrected chi connectivity index (χ2v) is 5.62. The Morgan fingerprint density at radius 1 is 1.06 bits per heavy atom. The van der Waals surface area contributed by atoms with Crippen molar-refractivity contribution in [3.05, 3.63) is 35.0 Å². The largest absolute Gasteiger partial charge is 0.171 e. The van der Waals surface area contributed by atoms with Crippen LogP contribution in [0, 0.1) is 0 Å². The number of hydrogen-bond donors (Lipinski definition) is 0. The lowest BCUT2D eigenvalue weighted by atomic mass is 9.86. The summed E-state index contributed by atoms with van der Waals surface area (Å²) >= 11 is 7.08. The van der Waals surface area contributed by atoms with E-state index >= 15 is 0 Å². The van der Waals surface area contributed by atoms with Gasteiger partial charge in [0.1, 0.15) is 5.69 Å². The van der Waals surface area contributed by atoms with Gasteiger partial charge in [0.05, 0.1) is 11.7 Å². The number of rotatable bonds is 1. The van der Waals surface area contributed by atoms with Gasteiger partial charge in [-0.05, 0) is 11.0 Å². The van der Waals surface area contributed by atoms with Crippen LogP contribution in [-0.2, 0) is 5.41 Å². The van der Waals surface area contributed by atoms with Crippen LogP contribution in [0.1, 0.15) is 26.3 Å². The first-order chi connectivity index (χ1) is 7.48. The minimum atomic E-state index is 0.169. The first-order valence-electron chi connectivity index (χ1n) is 5.07. The van der Waals surface area contributed by atoms with Gasteiger partial charge in [-0.2, -0.15) is 8.75 Å². The zero-order valence-corrected chi connectivity index (χ0v) is 11.1. The van der Waals surface area contributed by atoms with Crippen LogP contribution in [0.15, 0.2) is 24.3 Å². The topological polar surface area (TPSA) is 25.8 Å². The Bertz CT molecular complexity index is 482. The summed E-state index contributed by atoms with van der Waals surface area (Å²) in [5.74, 6) is 0. The molecule has 0 aliphatic carbocycles. The third-order valence-electron chi connectivity index (χ3n) is 2.47. The summed E-state index contributed by atoms with van der Waals surface area (Å²) in [6.07, 6.45) is 0. The molecule has 1 aromatic heterocycles. The fraction of sp³-hybridized carbons (Fsp3) is 0.333. The van der Waals surface area contributed by atoms with E-state index in [1.54, 1.807) is 0 Å². The number of benzene rings is 1. The number of aromatic nitrogens is 2. The second kappa shape index (κ2) is 4.15. The highest BCUT2D eigenvalue weighted by Crippen LogP contribution is 2.28. The van der Waals surface area contributed by atoms with E-state index in [-0.39, 0.29) is 5.41 Å². The summed E-state index contributed by atoms with van der Waals surface area (Å²) in [7, 11) is 0. The predicted molar refractivity (Wildman–Crippen MR) is 69.1 cm³/mol. The molecule has 16 heavy (non-hydrogen) atoms. The average molecular weight is 253 g/mol. The van der Waals surface area contributed by atoms with E-state index in [1.807, 2.05) is 12.1 Å². The third-order valence-corrected chi connectivity index (χ3v) is 3.37. The van der Waals surface area contributed by atoms with Crippen LogP contribution in [0.4, 0.5) is 0 Å². The summed E-state index contributed by atoms with van der Waals surface area (Å²) < 4.78 is 8.14. The molecule has 0 atom stereocenters. The van der Waals surface area contributed by atoms with Crippen LogP contribution in [0.25, 0.3) is 11.3 Å². The van der Waals surface area contributed by atoms with Gasteiger partial charge in [0.25, 0.3) is 0 Å². The van der Waals surface area contributed by atoms with Gasteiger partial charge in [0.15, 0.2) is 5.15 Å². The summed E-state index contributed by atoms with van der Waals surface area (Å²) in [6, 6.07) is 8.32. The van der Waals surface area contributed by atoms with E-state index in [4.69, 9.17) is 11.6 Å². The molecular formula is C12H13ClN2S. The number of hydrogen-bond acceptors (Lipinski definition) is 3. The van der Waals surface area contributed by atoms with Gasteiger partial charge < -0.3 is 0 Å². The molecule has 0 N–H and O–H groups in total. The van der Waals surface area contributed by atoms with Crippen LogP contribution < -0.4 is 0 Å². The fourth-order valence-electron chi connectivity index (χ4n) is 1.48. The van der Waals surface area contributed by atoms with Crippen molar-refractivity contribution in [3.63, 3.8) is 0 Å². The highest BCUT2D eigenvalue weighted by molar-refractivity contribution is 6.99. The van der Waals surface area contributed by atoms with Crippen LogP contribution in [0.3, 0.4) is 0 Å². The van der Waals surface area contributed by atoms with Crippen LogP contribution in [-0.4, -0.2) is 8.75 Å². The second-order valence-electron chi connectivity index (χ2n) is 4.73. The highest BCUT2D eigenvalue weighted by Gasteiger charge is 2.14. The normalized spacial score (nSPS) is 11.8. The lowest BCUT2D eigenvalue weighted by Crippen LogP contribution is -2.10. The van der Waals surface area contributed by atoms with Crippen molar-refractivity contribution >= 4 is 23.3 Å². The zero-order valence-electron chi connectivity index (χ0n) is 9.49. The maximum absolute atomic E-state index is 5.94. The molecule has 84 valence electrons. The average Bonchev–Trinajstić information content (AvgIpc) is 2.63. The van der Waals surface area contributed by atoms with Crippen molar-refractivity contribution in [2.75, 3.05) is 0 Å². The first kappa shape index (κ1) is 11.6. The van der Waals surface area contributed by atoms with E-state index in [0.717, 1.165) is 23.0 Å². The van der Waals surface area contributed by atoms with E-state index in [2.05, 4.69) is 41.7 Å². The Balaban J connectivity index is 2.37. The molecule has 2 rings (SSSR count). The molecule has 0 fully saturated rings. The Morgan fingerprint density at radius 3 is 2.12 bits per heavy atom. The Morgan fingerprint density at radius 2 is 1.69 bits per heavy atom. The van der Waals surface area contributed by atoms with Crippen molar-refractivity contribution < 1.29 is 0 Å². The molecule has 0 spiro atoms. The first-order valence-corrected chi connectivity index (χ1v) is 6.18. The molecule has 0 unspecified atom stereocenters. The molecule has 2 aromatic rings. The molecule has 4 heteroatoms. The van der Waals surface area contributed by atoms with Gasteiger partial charge in [-0.15, -0.1) is 0 Å². The van der Waals surface area contributed by atoms with Crippen molar-refractivity contribution in [2.45, 2.75) is 26.2 Å². The van der Waals surface area contributed by atoms with E-state index < -0.39 is 0 Å². The number of nitrogens with zero attached hydrogens (tertiary/aromatic N) is 2. The molecule has 0 bridgehead atoms. The molecule has 0 radical (unpaired) electrons. The summed E-state index contributed by atoms with van der Waals surface area (Å²) in [6.45, 7) is 6.58. The van der Waals surface area contributed by atoms with Gasteiger partial charge in [-0.1, -0.05) is 56.6 Å². The molecule has 0 amide bonds. The Kier molecular flexibility index (Phi) is 3.00. The quantitative estimate of drug-likeness (QED) is 0.762. The van der Waals surface area contributed by atoms with Gasteiger partial charge in [-0.3, -0.25) is 0 Å².